The minimum absolute atomic E-state index is 0.0118. The molecule has 7 heteroatoms. The van der Waals surface area contributed by atoms with Gasteiger partial charge < -0.3 is 14.8 Å². The van der Waals surface area contributed by atoms with E-state index in [0.717, 1.165) is 30.7 Å². The Balaban J connectivity index is 1.57. The quantitative estimate of drug-likeness (QED) is 0.840. The predicted octanol–water partition coefficient (Wildman–Crippen LogP) is 3.37. The summed E-state index contributed by atoms with van der Waals surface area (Å²) >= 11 is 0. The predicted molar refractivity (Wildman–Crippen MR) is 98.1 cm³/mol. The van der Waals surface area contributed by atoms with Crippen LogP contribution < -0.4 is 14.8 Å². The lowest BCUT2D eigenvalue weighted by molar-refractivity contribution is -0.116. The first-order valence-corrected chi connectivity index (χ1v) is 8.71. The van der Waals surface area contributed by atoms with Gasteiger partial charge in [-0.3, -0.25) is 9.69 Å². The molecule has 0 bridgehead atoms. The third-order valence-corrected chi connectivity index (χ3v) is 4.66. The van der Waals surface area contributed by atoms with Gasteiger partial charge in [0.1, 0.15) is 11.6 Å². The first-order chi connectivity index (χ1) is 13.0. The molecule has 5 nitrogen and oxygen atoms in total. The van der Waals surface area contributed by atoms with E-state index in [0.29, 0.717) is 24.6 Å². The van der Waals surface area contributed by atoms with Gasteiger partial charge in [-0.25, -0.2) is 8.78 Å². The third kappa shape index (κ3) is 4.54. The van der Waals surface area contributed by atoms with E-state index in [1.807, 2.05) is 12.1 Å². The number of halogens is 2. The summed E-state index contributed by atoms with van der Waals surface area (Å²) in [6.07, 6.45) is 1.07. The number of carbonyl (C=O) groups is 1. The minimum Gasteiger partial charge on any atom is -0.493 e. The van der Waals surface area contributed by atoms with Crippen molar-refractivity contribution in [2.75, 3.05) is 32.6 Å². The highest BCUT2D eigenvalue weighted by Gasteiger charge is 2.20. The molecule has 3 rings (SSSR count). The highest BCUT2D eigenvalue weighted by molar-refractivity contribution is 5.90. The van der Waals surface area contributed by atoms with Crippen LogP contribution in [0.3, 0.4) is 0 Å². The standard InChI is InChI=1S/C20H22F2N2O3/c1-26-18-9-13-5-7-24(12-14(13)10-19(18)27-2)8-6-20(25)23-17-4-3-15(21)11-16(17)22/h3-4,9-11H,5-8,12H2,1-2H3,(H,23,25). The van der Waals surface area contributed by atoms with Crippen LogP contribution >= 0.6 is 0 Å². The van der Waals surface area contributed by atoms with Gasteiger partial charge in [-0.15, -0.1) is 0 Å². The first kappa shape index (κ1) is 19.1. The van der Waals surface area contributed by atoms with Crippen LogP contribution in [0.1, 0.15) is 17.5 Å². The van der Waals surface area contributed by atoms with Gasteiger partial charge in [0.05, 0.1) is 19.9 Å². The Kier molecular flexibility index (Phi) is 5.91. The highest BCUT2D eigenvalue weighted by atomic mass is 19.1. The van der Waals surface area contributed by atoms with Crippen molar-refractivity contribution in [3.8, 4) is 11.5 Å². The van der Waals surface area contributed by atoms with Crippen molar-refractivity contribution in [2.45, 2.75) is 19.4 Å². The number of anilines is 1. The summed E-state index contributed by atoms with van der Waals surface area (Å²) < 4.78 is 37.2. The molecule has 144 valence electrons. The Labute approximate surface area is 156 Å². The zero-order valence-electron chi connectivity index (χ0n) is 15.4. The second kappa shape index (κ2) is 8.35. The summed E-state index contributed by atoms with van der Waals surface area (Å²) in [6, 6.07) is 7.05. The SMILES string of the molecule is COc1cc2c(cc1OC)CN(CCC(=O)Nc1ccc(F)cc1F)CC2. The molecule has 2 aromatic rings. The maximum atomic E-state index is 13.6. The number of benzene rings is 2. The zero-order chi connectivity index (χ0) is 19.4. The molecule has 0 aliphatic carbocycles. The van der Waals surface area contributed by atoms with Gasteiger partial charge in [0.15, 0.2) is 11.5 Å². The fourth-order valence-electron chi connectivity index (χ4n) is 3.20. The monoisotopic (exact) mass is 376 g/mol. The molecule has 0 radical (unpaired) electrons. The Hall–Kier alpha value is -2.67. The molecular weight excluding hydrogens is 354 g/mol. The minimum atomic E-state index is -0.781. The topological polar surface area (TPSA) is 50.8 Å². The lowest BCUT2D eigenvalue weighted by Crippen LogP contribution is -2.33. The van der Waals surface area contributed by atoms with Crippen LogP contribution in [0.5, 0.6) is 11.5 Å². The molecule has 0 spiro atoms. The van der Waals surface area contributed by atoms with Crippen LogP contribution in [-0.4, -0.2) is 38.1 Å². The van der Waals surface area contributed by atoms with E-state index in [2.05, 4.69) is 10.2 Å². The molecular formula is C20H22F2N2O3. The van der Waals surface area contributed by atoms with Gasteiger partial charge in [0.2, 0.25) is 5.91 Å². The number of nitrogens with one attached hydrogen (secondary N) is 1. The lowest BCUT2D eigenvalue weighted by Gasteiger charge is -2.29. The van der Waals surface area contributed by atoms with Gasteiger partial charge in [0.25, 0.3) is 0 Å². The smallest absolute Gasteiger partial charge is 0.225 e. The number of nitrogens with zero attached hydrogens (tertiary/aromatic N) is 1. The van der Waals surface area contributed by atoms with Crippen molar-refractivity contribution in [3.63, 3.8) is 0 Å². The van der Waals surface area contributed by atoms with Gasteiger partial charge in [-0.1, -0.05) is 0 Å². The zero-order valence-corrected chi connectivity index (χ0v) is 15.4. The maximum absolute atomic E-state index is 13.6. The lowest BCUT2D eigenvalue weighted by atomic mass is 9.98. The number of rotatable bonds is 6. The number of amides is 1. The Morgan fingerprint density at radius 1 is 1.11 bits per heavy atom. The fourth-order valence-corrected chi connectivity index (χ4v) is 3.20. The van der Waals surface area contributed by atoms with Crippen LogP contribution in [0.4, 0.5) is 14.5 Å². The van der Waals surface area contributed by atoms with E-state index in [1.54, 1.807) is 14.2 Å². The first-order valence-electron chi connectivity index (χ1n) is 8.71. The van der Waals surface area contributed by atoms with Crippen LogP contribution in [0.25, 0.3) is 0 Å². The summed E-state index contributed by atoms with van der Waals surface area (Å²) in [5.74, 6) is -0.368. The van der Waals surface area contributed by atoms with Gasteiger partial charge in [-0.05, 0) is 41.8 Å². The number of hydrogen-bond donors (Lipinski definition) is 1. The summed E-state index contributed by atoms with van der Waals surface area (Å²) in [7, 11) is 3.21. The summed E-state index contributed by atoms with van der Waals surface area (Å²) in [6.45, 7) is 2.07. The van der Waals surface area contributed by atoms with Crippen molar-refractivity contribution < 1.29 is 23.0 Å². The molecule has 2 aromatic carbocycles. The molecule has 0 unspecified atom stereocenters. The van der Waals surface area contributed by atoms with Crippen molar-refractivity contribution >= 4 is 11.6 Å². The normalized spacial score (nSPS) is 13.8. The molecule has 0 aromatic heterocycles. The average Bonchev–Trinajstić information content (AvgIpc) is 2.67. The number of ether oxygens (including phenoxy) is 2. The molecule has 27 heavy (non-hydrogen) atoms. The Morgan fingerprint density at radius 3 is 2.48 bits per heavy atom. The van der Waals surface area contributed by atoms with Crippen LogP contribution in [0.2, 0.25) is 0 Å². The number of carbonyl (C=O) groups excluding carboxylic acids is 1. The van der Waals surface area contributed by atoms with Gasteiger partial charge in [-0.2, -0.15) is 0 Å². The van der Waals surface area contributed by atoms with E-state index in [9.17, 15) is 13.6 Å². The van der Waals surface area contributed by atoms with Crippen LogP contribution in [0.15, 0.2) is 30.3 Å². The van der Waals surface area contributed by atoms with Crippen molar-refractivity contribution in [1.29, 1.82) is 0 Å². The van der Waals surface area contributed by atoms with E-state index >= 15 is 0 Å². The molecule has 0 atom stereocenters. The van der Waals surface area contributed by atoms with E-state index in [-0.39, 0.29) is 18.0 Å². The van der Waals surface area contributed by atoms with Crippen LogP contribution in [-0.2, 0) is 17.8 Å². The molecule has 0 saturated carbocycles. The van der Waals surface area contributed by atoms with Crippen LogP contribution in [0, 0.1) is 11.6 Å². The van der Waals surface area contributed by atoms with Crippen molar-refractivity contribution in [2.24, 2.45) is 0 Å². The van der Waals surface area contributed by atoms with Crippen molar-refractivity contribution in [1.82, 2.24) is 4.90 Å². The maximum Gasteiger partial charge on any atom is 0.225 e. The number of methoxy groups -OCH3 is 2. The summed E-state index contributed by atoms with van der Waals surface area (Å²) in [5, 5.41) is 2.49. The summed E-state index contributed by atoms with van der Waals surface area (Å²) in [4.78, 5) is 14.2. The fraction of sp³-hybridized carbons (Fsp3) is 0.350. The largest absolute Gasteiger partial charge is 0.493 e. The molecule has 0 saturated heterocycles. The number of fused-ring (bicyclic) bond motifs is 1. The van der Waals surface area contributed by atoms with Gasteiger partial charge >= 0.3 is 0 Å². The Morgan fingerprint density at radius 2 is 1.81 bits per heavy atom. The Bertz CT molecular complexity index is 842. The molecule has 1 heterocycles. The molecule has 1 aliphatic heterocycles. The highest BCUT2D eigenvalue weighted by Crippen LogP contribution is 2.33. The number of hydrogen-bond acceptors (Lipinski definition) is 4. The van der Waals surface area contributed by atoms with E-state index in [4.69, 9.17) is 9.47 Å². The van der Waals surface area contributed by atoms with Crippen molar-refractivity contribution in [3.05, 3.63) is 53.1 Å². The van der Waals surface area contributed by atoms with Gasteiger partial charge in [0, 0.05) is 32.1 Å². The van der Waals surface area contributed by atoms with E-state index < -0.39 is 11.6 Å². The second-order valence-electron chi connectivity index (χ2n) is 6.42. The molecule has 1 N–H and O–H groups in total. The average molecular weight is 376 g/mol. The molecule has 1 amide bonds. The summed E-state index contributed by atoms with van der Waals surface area (Å²) in [5.41, 5.74) is 2.34. The second-order valence-corrected chi connectivity index (χ2v) is 6.42. The third-order valence-electron chi connectivity index (χ3n) is 4.66. The molecule has 0 fully saturated rings. The molecule has 1 aliphatic rings. The van der Waals surface area contributed by atoms with E-state index in [1.165, 1.54) is 11.6 Å².